The molecule has 2 aromatic carbocycles. The molecule has 21 heavy (non-hydrogen) atoms. The van der Waals surface area contributed by atoms with E-state index < -0.39 is 0 Å². The van der Waals surface area contributed by atoms with Crippen molar-refractivity contribution in [2.24, 2.45) is 0 Å². The van der Waals surface area contributed by atoms with Crippen LogP contribution in [0.25, 0.3) is 0 Å². The summed E-state index contributed by atoms with van der Waals surface area (Å²) in [5.74, 6) is 2.48. The average molecular weight is 282 g/mol. The molecule has 0 spiro atoms. The van der Waals surface area contributed by atoms with E-state index in [1.807, 2.05) is 18.2 Å². The molecule has 2 nitrogen and oxygen atoms in total. The molecule has 1 aliphatic heterocycles. The first-order valence-electron chi connectivity index (χ1n) is 7.76. The van der Waals surface area contributed by atoms with Gasteiger partial charge in [-0.25, -0.2) is 0 Å². The van der Waals surface area contributed by atoms with Gasteiger partial charge in [-0.15, -0.1) is 0 Å². The van der Waals surface area contributed by atoms with Crippen molar-refractivity contribution in [3.63, 3.8) is 0 Å². The Morgan fingerprint density at radius 1 is 1.14 bits per heavy atom. The fourth-order valence-electron chi connectivity index (χ4n) is 2.71. The summed E-state index contributed by atoms with van der Waals surface area (Å²) in [6.45, 7) is 5.19. The maximum atomic E-state index is 6.17. The zero-order valence-corrected chi connectivity index (χ0v) is 12.7. The third-order valence-corrected chi connectivity index (χ3v) is 4.24. The lowest BCUT2D eigenvalue weighted by atomic mass is 9.99. The van der Waals surface area contributed by atoms with E-state index in [1.165, 1.54) is 5.56 Å². The van der Waals surface area contributed by atoms with Gasteiger partial charge in [-0.1, -0.05) is 44.2 Å². The predicted molar refractivity (Wildman–Crippen MR) is 85.1 cm³/mol. The number of para-hydroxylation sites is 1. The molecular weight excluding hydrogens is 260 g/mol. The highest BCUT2D eigenvalue weighted by atomic mass is 16.5. The van der Waals surface area contributed by atoms with E-state index >= 15 is 0 Å². The maximum absolute atomic E-state index is 6.17. The molecule has 3 rings (SSSR count). The van der Waals surface area contributed by atoms with Crippen LogP contribution in [0.5, 0.6) is 11.5 Å². The van der Waals surface area contributed by atoms with Crippen LogP contribution in [0.1, 0.15) is 49.8 Å². The summed E-state index contributed by atoms with van der Waals surface area (Å²) in [4.78, 5) is 0. The van der Waals surface area contributed by atoms with E-state index in [0.717, 1.165) is 29.9 Å². The Labute approximate surface area is 126 Å². The monoisotopic (exact) mass is 282 g/mol. The van der Waals surface area contributed by atoms with Gasteiger partial charge in [0, 0.05) is 12.0 Å². The van der Waals surface area contributed by atoms with Crippen molar-refractivity contribution in [1.29, 1.82) is 0 Å². The summed E-state index contributed by atoms with van der Waals surface area (Å²) < 4.78 is 11.8. The lowest BCUT2D eigenvalue weighted by molar-refractivity contribution is 0.136. The van der Waals surface area contributed by atoms with E-state index in [9.17, 15) is 0 Å². The minimum absolute atomic E-state index is 0.0874. The van der Waals surface area contributed by atoms with Crippen molar-refractivity contribution in [2.75, 3.05) is 6.61 Å². The van der Waals surface area contributed by atoms with Gasteiger partial charge in [0.15, 0.2) is 0 Å². The normalized spacial score (nSPS) is 18.5. The molecule has 0 aromatic heterocycles. The van der Waals surface area contributed by atoms with Gasteiger partial charge in [-0.05, 0) is 36.1 Å². The number of benzene rings is 2. The van der Waals surface area contributed by atoms with Crippen LogP contribution in [0.2, 0.25) is 0 Å². The van der Waals surface area contributed by atoms with Gasteiger partial charge in [0.05, 0.1) is 6.61 Å². The van der Waals surface area contributed by atoms with Crippen LogP contribution >= 0.6 is 0 Å². The highest BCUT2D eigenvalue weighted by molar-refractivity contribution is 5.38. The third kappa shape index (κ3) is 3.05. The number of ether oxygens (including phenoxy) is 2. The van der Waals surface area contributed by atoms with Crippen molar-refractivity contribution >= 4 is 0 Å². The van der Waals surface area contributed by atoms with Crippen molar-refractivity contribution < 1.29 is 9.47 Å². The molecule has 0 N–H and O–H groups in total. The van der Waals surface area contributed by atoms with Gasteiger partial charge in [0.25, 0.3) is 0 Å². The Bertz CT molecular complexity index is 589. The molecule has 2 heteroatoms. The van der Waals surface area contributed by atoms with E-state index in [4.69, 9.17) is 9.47 Å². The largest absolute Gasteiger partial charge is 0.493 e. The van der Waals surface area contributed by atoms with E-state index in [2.05, 4.69) is 44.2 Å². The maximum Gasteiger partial charge on any atom is 0.131 e. The minimum Gasteiger partial charge on any atom is -0.493 e. The number of fused-ring (bicyclic) bond motifs is 1. The lowest BCUT2D eigenvalue weighted by Crippen LogP contribution is -2.18. The molecule has 0 saturated heterocycles. The topological polar surface area (TPSA) is 18.5 Å². The molecule has 0 amide bonds. The second-order valence-electron chi connectivity index (χ2n) is 5.66. The highest BCUT2D eigenvalue weighted by Gasteiger charge is 2.22. The lowest BCUT2D eigenvalue weighted by Gasteiger charge is -2.26. The highest BCUT2D eigenvalue weighted by Crippen LogP contribution is 2.35. The summed E-state index contributed by atoms with van der Waals surface area (Å²) in [7, 11) is 0. The summed E-state index contributed by atoms with van der Waals surface area (Å²) >= 11 is 0. The molecule has 0 radical (unpaired) electrons. The molecule has 2 unspecified atom stereocenters. The molecule has 110 valence electrons. The van der Waals surface area contributed by atoms with Crippen LogP contribution in [0, 0.1) is 0 Å². The van der Waals surface area contributed by atoms with Crippen LogP contribution in [-0.4, -0.2) is 6.61 Å². The first kappa shape index (κ1) is 14.0. The Morgan fingerprint density at radius 2 is 1.90 bits per heavy atom. The van der Waals surface area contributed by atoms with Crippen molar-refractivity contribution in [3.05, 3.63) is 59.7 Å². The zero-order valence-electron chi connectivity index (χ0n) is 12.7. The van der Waals surface area contributed by atoms with Crippen LogP contribution in [0.4, 0.5) is 0 Å². The second kappa shape index (κ2) is 6.21. The molecule has 2 aromatic rings. The van der Waals surface area contributed by atoms with Gasteiger partial charge in [-0.3, -0.25) is 0 Å². The minimum atomic E-state index is 0.0874. The summed E-state index contributed by atoms with van der Waals surface area (Å²) in [6, 6.07) is 16.7. The smallest absolute Gasteiger partial charge is 0.131 e. The predicted octanol–water partition coefficient (Wildman–Crippen LogP) is 5.10. The van der Waals surface area contributed by atoms with Gasteiger partial charge < -0.3 is 9.47 Å². The Hall–Kier alpha value is -1.96. The van der Waals surface area contributed by atoms with Gasteiger partial charge in [-0.2, -0.15) is 0 Å². The van der Waals surface area contributed by atoms with Crippen LogP contribution in [0.3, 0.4) is 0 Å². The van der Waals surface area contributed by atoms with E-state index in [1.54, 1.807) is 0 Å². The molecule has 0 bridgehead atoms. The SMILES string of the molecule is CCC(C)c1ccc(OC2CCOc3ccccc32)cc1. The number of hydrogen-bond acceptors (Lipinski definition) is 2. The number of rotatable bonds is 4. The van der Waals surface area contributed by atoms with Crippen LogP contribution < -0.4 is 9.47 Å². The van der Waals surface area contributed by atoms with Crippen molar-refractivity contribution in [2.45, 2.75) is 38.7 Å². The molecule has 0 saturated carbocycles. The molecule has 0 aliphatic carbocycles. The first-order valence-corrected chi connectivity index (χ1v) is 7.76. The molecule has 1 aliphatic rings. The average Bonchev–Trinajstić information content (AvgIpc) is 2.55. The molecule has 2 atom stereocenters. The summed E-state index contributed by atoms with van der Waals surface area (Å²) in [5.41, 5.74) is 2.52. The first-order chi connectivity index (χ1) is 10.3. The fourth-order valence-corrected chi connectivity index (χ4v) is 2.71. The standard InChI is InChI=1S/C19H22O2/c1-3-14(2)15-8-10-16(11-9-15)21-19-12-13-20-18-7-5-4-6-17(18)19/h4-11,14,19H,3,12-13H2,1-2H3. The van der Waals surface area contributed by atoms with Gasteiger partial charge in [0.2, 0.25) is 0 Å². The Kier molecular flexibility index (Phi) is 4.14. The quantitative estimate of drug-likeness (QED) is 0.776. The second-order valence-corrected chi connectivity index (χ2v) is 5.66. The summed E-state index contributed by atoms with van der Waals surface area (Å²) in [5, 5.41) is 0. The molecule has 1 heterocycles. The van der Waals surface area contributed by atoms with E-state index in [-0.39, 0.29) is 6.10 Å². The molecular formula is C19H22O2. The van der Waals surface area contributed by atoms with Crippen molar-refractivity contribution in [3.8, 4) is 11.5 Å². The van der Waals surface area contributed by atoms with Crippen LogP contribution in [0.15, 0.2) is 48.5 Å². The zero-order chi connectivity index (χ0) is 14.7. The van der Waals surface area contributed by atoms with Crippen LogP contribution in [-0.2, 0) is 0 Å². The Balaban J connectivity index is 1.76. The van der Waals surface area contributed by atoms with Gasteiger partial charge in [0.1, 0.15) is 17.6 Å². The van der Waals surface area contributed by atoms with Gasteiger partial charge >= 0.3 is 0 Å². The summed E-state index contributed by atoms with van der Waals surface area (Å²) in [6.07, 6.45) is 2.14. The fraction of sp³-hybridized carbons (Fsp3) is 0.368. The van der Waals surface area contributed by atoms with Crippen molar-refractivity contribution in [1.82, 2.24) is 0 Å². The number of hydrogen-bond donors (Lipinski definition) is 0. The van der Waals surface area contributed by atoms with E-state index in [0.29, 0.717) is 12.5 Å². The molecule has 0 fully saturated rings. The third-order valence-electron chi connectivity index (χ3n) is 4.24. The Morgan fingerprint density at radius 3 is 2.67 bits per heavy atom.